The first kappa shape index (κ1) is 14.4. The molecule has 0 N–H and O–H groups in total. The van der Waals surface area contributed by atoms with Gasteiger partial charge in [-0.25, -0.2) is 0 Å². The molecule has 3 rings (SSSR count). The summed E-state index contributed by atoms with van der Waals surface area (Å²) < 4.78 is 6.79. The van der Waals surface area contributed by atoms with Crippen LogP contribution in [0.1, 0.15) is 19.8 Å². The largest absolute Gasteiger partial charge is 0.480 e. The Kier molecular flexibility index (Phi) is 4.15. The van der Waals surface area contributed by atoms with E-state index < -0.39 is 6.10 Å². The summed E-state index contributed by atoms with van der Waals surface area (Å²) in [6, 6.07) is 12.0. The van der Waals surface area contributed by atoms with E-state index in [1.54, 1.807) is 0 Å². The highest BCUT2D eigenvalue weighted by Gasteiger charge is 2.25. The molecule has 1 atom stereocenters. The van der Waals surface area contributed by atoms with E-state index in [1.807, 2.05) is 42.2 Å². The quantitative estimate of drug-likeness (QED) is 0.839. The molecular weight excluding hydrogens is 330 g/mol. The Labute approximate surface area is 133 Å². The Hall–Kier alpha value is -1.55. The lowest BCUT2D eigenvalue weighted by Crippen LogP contribution is -2.38. The van der Waals surface area contributed by atoms with Crippen LogP contribution in [0.25, 0.3) is 10.8 Å². The van der Waals surface area contributed by atoms with Crippen molar-refractivity contribution in [3.05, 3.63) is 40.9 Å². The van der Waals surface area contributed by atoms with Crippen molar-refractivity contribution in [2.75, 3.05) is 13.1 Å². The number of carbonyl (C=O) groups excluding carboxylic acids is 1. The van der Waals surface area contributed by atoms with Gasteiger partial charge in [-0.15, -0.1) is 0 Å². The summed E-state index contributed by atoms with van der Waals surface area (Å²) in [6.07, 6.45) is 1.73. The zero-order valence-electron chi connectivity index (χ0n) is 12.0. The van der Waals surface area contributed by atoms with Crippen molar-refractivity contribution >= 4 is 32.6 Å². The minimum absolute atomic E-state index is 0.0764. The number of hydrogen-bond donors (Lipinski definition) is 0. The average Bonchev–Trinajstić information content (AvgIpc) is 3.04. The predicted molar refractivity (Wildman–Crippen MR) is 87.6 cm³/mol. The number of likely N-dealkylation sites (tertiary alicyclic amines) is 1. The second-order valence-electron chi connectivity index (χ2n) is 5.39. The number of hydrogen-bond acceptors (Lipinski definition) is 2. The van der Waals surface area contributed by atoms with Crippen molar-refractivity contribution in [1.82, 2.24) is 4.90 Å². The van der Waals surface area contributed by atoms with Gasteiger partial charge in [-0.1, -0.05) is 30.3 Å². The summed E-state index contributed by atoms with van der Waals surface area (Å²) >= 11 is 3.59. The molecule has 2 aromatic rings. The number of rotatable bonds is 3. The predicted octanol–water partition coefficient (Wildman–Crippen LogP) is 3.99. The molecule has 1 amide bonds. The van der Waals surface area contributed by atoms with Gasteiger partial charge in [0.15, 0.2) is 6.10 Å². The molecule has 3 nitrogen and oxygen atoms in total. The molecule has 0 aromatic heterocycles. The molecule has 1 aliphatic heterocycles. The maximum Gasteiger partial charge on any atom is 0.263 e. The molecule has 2 aromatic carbocycles. The lowest BCUT2D eigenvalue weighted by atomic mass is 10.1. The molecule has 0 radical (unpaired) electrons. The van der Waals surface area contributed by atoms with Crippen LogP contribution in [0, 0.1) is 0 Å². The molecule has 0 spiro atoms. The van der Waals surface area contributed by atoms with Crippen LogP contribution in [-0.4, -0.2) is 30.0 Å². The molecule has 0 aliphatic carbocycles. The van der Waals surface area contributed by atoms with Crippen molar-refractivity contribution in [3.63, 3.8) is 0 Å². The molecule has 1 fully saturated rings. The van der Waals surface area contributed by atoms with Gasteiger partial charge in [0.25, 0.3) is 5.91 Å². The van der Waals surface area contributed by atoms with E-state index in [4.69, 9.17) is 4.74 Å². The standard InChI is InChI=1S/C17H18BrNO2/c1-12(17(20)19-10-4-5-11-19)21-15-9-8-13-6-2-3-7-14(13)16(15)18/h2-3,6-9,12H,4-5,10-11H2,1H3. The normalized spacial score (nSPS) is 16.2. The zero-order valence-corrected chi connectivity index (χ0v) is 13.6. The van der Waals surface area contributed by atoms with E-state index in [2.05, 4.69) is 22.0 Å². The van der Waals surface area contributed by atoms with Crippen molar-refractivity contribution < 1.29 is 9.53 Å². The van der Waals surface area contributed by atoms with E-state index >= 15 is 0 Å². The number of ether oxygens (including phenoxy) is 1. The lowest BCUT2D eigenvalue weighted by Gasteiger charge is -2.22. The third-order valence-corrected chi connectivity index (χ3v) is 4.72. The Morgan fingerprint density at radius 3 is 2.67 bits per heavy atom. The minimum Gasteiger partial charge on any atom is -0.480 e. The third-order valence-electron chi connectivity index (χ3n) is 3.90. The minimum atomic E-state index is -0.458. The number of benzene rings is 2. The van der Waals surface area contributed by atoms with E-state index in [1.165, 1.54) is 0 Å². The van der Waals surface area contributed by atoms with Crippen LogP contribution in [0.2, 0.25) is 0 Å². The highest BCUT2D eigenvalue weighted by Crippen LogP contribution is 2.33. The Morgan fingerprint density at radius 1 is 1.19 bits per heavy atom. The topological polar surface area (TPSA) is 29.5 Å². The van der Waals surface area contributed by atoms with E-state index in [9.17, 15) is 4.79 Å². The summed E-state index contributed by atoms with van der Waals surface area (Å²) in [7, 11) is 0. The van der Waals surface area contributed by atoms with Gasteiger partial charge in [0, 0.05) is 13.1 Å². The monoisotopic (exact) mass is 347 g/mol. The maximum atomic E-state index is 12.3. The van der Waals surface area contributed by atoms with Gasteiger partial charge >= 0.3 is 0 Å². The van der Waals surface area contributed by atoms with E-state index in [0.29, 0.717) is 5.75 Å². The summed E-state index contributed by atoms with van der Waals surface area (Å²) in [5.41, 5.74) is 0. The summed E-state index contributed by atoms with van der Waals surface area (Å²) in [5.74, 6) is 0.793. The van der Waals surface area contributed by atoms with Crippen molar-refractivity contribution in [3.8, 4) is 5.75 Å². The first-order valence-corrected chi connectivity index (χ1v) is 8.09. The Bertz CT molecular complexity index is 665. The fourth-order valence-corrected chi connectivity index (χ4v) is 3.33. The molecule has 110 valence electrons. The molecular formula is C17H18BrNO2. The highest BCUT2D eigenvalue weighted by molar-refractivity contribution is 9.10. The molecule has 4 heteroatoms. The van der Waals surface area contributed by atoms with Crippen LogP contribution in [0.5, 0.6) is 5.75 Å². The van der Waals surface area contributed by atoms with Crippen LogP contribution in [0.4, 0.5) is 0 Å². The SMILES string of the molecule is CC(Oc1ccc2ccccc2c1Br)C(=O)N1CCCC1. The second kappa shape index (κ2) is 6.06. The molecule has 1 unspecified atom stereocenters. The van der Waals surface area contributed by atoms with Crippen molar-refractivity contribution in [2.24, 2.45) is 0 Å². The Balaban J connectivity index is 1.81. The van der Waals surface area contributed by atoms with Crippen LogP contribution in [0.3, 0.4) is 0 Å². The highest BCUT2D eigenvalue weighted by atomic mass is 79.9. The molecule has 1 heterocycles. The van der Waals surface area contributed by atoms with Gasteiger partial charge in [0.1, 0.15) is 5.75 Å². The van der Waals surface area contributed by atoms with Gasteiger partial charge in [0.05, 0.1) is 4.47 Å². The van der Waals surface area contributed by atoms with Crippen LogP contribution in [0.15, 0.2) is 40.9 Å². The lowest BCUT2D eigenvalue weighted by molar-refractivity contribution is -0.136. The van der Waals surface area contributed by atoms with Gasteiger partial charge in [-0.2, -0.15) is 0 Å². The van der Waals surface area contributed by atoms with Gasteiger partial charge in [0.2, 0.25) is 0 Å². The summed E-state index contributed by atoms with van der Waals surface area (Å²) in [6.45, 7) is 3.53. The smallest absolute Gasteiger partial charge is 0.263 e. The van der Waals surface area contributed by atoms with Crippen molar-refractivity contribution in [1.29, 1.82) is 0 Å². The molecule has 1 saturated heterocycles. The Morgan fingerprint density at radius 2 is 1.90 bits per heavy atom. The fourth-order valence-electron chi connectivity index (χ4n) is 2.74. The first-order valence-electron chi connectivity index (χ1n) is 7.29. The zero-order chi connectivity index (χ0) is 14.8. The maximum absolute atomic E-state index is 12.3. The molecule has 1 aliphatic rings. The number of nitrogens with zero attached hydrogens (tertiary/aromatic N) is 1. The van der Waals surface area contributed by atoms with Gasteiger partial charge < -0.3 is 9.64 Å². The average molecular weight is 348 g/mol. The van der Waals surface area contributed by atoms with Crippen LogP contribution < -0.4 is 4.74 Å². The molecule has 21 heavy (non-hydrogen) atoms. The number of halogens is 1. The van der Waals surface area contributed by atoms with Crippen LogP contribution >= 0.6 is 15.9 Å². The number of fused-ring (bicyclic) bond motifs is 1. The second-order valence-corrected chi connectivity index (χ2v) is 6.18. The molecule has 0 bridgehead atoms. The summed E-state index contributed by atoms with van der Waals surface area (Å²) in [4.78, 5) is 14.2. The van der Waals surface area contributed by atoms with Crippen molar-refractivity contribution in [2.45, 2.75) is 25.9 Å². The number of carbonyl (C=O) groups is 1. The number of amides is 1. The van der Waals surface area contributed by atoms with Crippen LogP contribution in [-0.2, 0) is 4.79 Å². The fraction of sp³-hybridized carbons (Fsp3) is 0.353. The van der Waals surface area contributed by atoms with Gasteiger partial charge in [-0.3, -0.25) is 4.79 Å². The first-order chi connectivity index (χ1) is 10.2. The van der Waals surface area contributed by atoms with Gasteiger partial charge in [-0.05, 0) is 52.5 Å². The third kappa shape index (κ3) is 2.91. The van der Waals surface area contributed by atoms with E-state index in [-0.39, 0.29) is 5.91 Å². The summed E-state index contributed by atoms with van der Waals surface area (Å²) in [5, 5.41) is 2.24. The van der Waals surface area contributed by atoms with E-state index in [0.717, 1.165) is 41.2 Å². The molecule has 0 saturated carbocycles.